The van der Waals surface area contributed by atoms with Crippen LogP contribution in [0.4, 0.5) is 5.82 Å². The number of nitriles is 1. The predicted octanol–water partition coefficient (Wildman–Crippen LogP) is 2.73. The van der Waals surface area contributed by atoms with Crippen molar-refractivity contribution in [2.75, 3.05) is 24.6 Å². The number of amides is 2. The number of carbonyl (C=O) groups excluding carboxylic acids is 2. The van der Waals surface area contributed by atoms with Crippen LogP contribution >= 0.6 is 0 Å². The SMILES string of the molecule is Cc1ccc2cc1OCC(=O)NCc1ccc(cc1)O[C@H]1CCN(c3ccc(C#N)cn3)C[C@@H]1NC2=O. The van der Waals surface area contributed by atoms with Gasteiger partial charge in [0.2, 0.25) is 0 Å². The number of fused-ring (bicyclic) bond motifs is 7. The molecule has 188 valence electrons. The molecule has 1 fully saturated rings. The van der Waals surface area contributed by atoms with E-state index in [0.717, 1.165) is 16.9 Å². The normalized spacial score (nSPS) is 19.8. The van der Waals surface area contributed by atoms with Crippen LogP contribution in [0, 0.1) is 18.3 Å². The van der Waals surface area contributed by atoms with Crippen LogP contribution in [0.15, 0.2) is 60.8 Å². The lowest BCUT2D eigenvalue weighted by Gasteiger charge is -2.39. The zero-order valence-corrected chi connectivity index (χ0v) is 20.4. The molecule has 2 amide bonds. The maximum Gasteiger partial charge on any atom is 0.258 e. The highest BCUT2D eigenvalue weighted by molar-refractivity contribution is 5.95. The third-order valence-electron chi connectivity index (χ3n) is 6.58. The highest BCUT2D eigenvalue weighted by Gasteiger charge is 2.33. The molecule has 37 heavy (non-hydrogen) atoms. The van der Waals surface area contributed by atoms with Gasteiger partial charge in [-0.1, -0.05) is 18.2 Å². The number of hydrogen-bond acceptors (Lipinski definition) is 7. The Kier molecular flexibility index (Phi) is 6.90. The summed E-state index contributed by atoms with van der Waals surface area (Å²) in [5, 5.41) is 15.1. The summed E-state index contributed by atoms with van der Waals surface area (Å²) in [5.41, 5.74) is 2.69. The van der Waals surface area contributed by atoms with E-state index in [9.17, 15) is 9.59 Å². The first-order valence-corrected chi connectivity index (χ1v) is 12.2. The molecule has 4 bridgehead atoms. The van der Waals surface area contributed by atoms with Crippen molar-refractivity contribution in [2.45, 2.75) is 32.0 Å². The van der Waals surface area contributed by atoms with Crippen molar-refractivity contribution in [3.8, 4) is 17.6 Å². The van der Waals surface area contributed by atoms with Crippen LogP contribution in [0.5, 0.6) is 11.5 Å². The summed E-state index contributed by atoms with van der Waals surface area (Å²) in [6.07, 6.45) is 1.95. The smallest absolute Gasteiger partial charge is 0.258 e. The minimum absolute atomic E-state index is 0.148. The van der Waals surface area contributed by atoms with Gasteiger partial charge in [0.15, 0.2) is 6.61 Å². The molecule has 1 saturated heterocycles. The molecule has 9 nitrogen and oxygen atoms in total. The van der Waals surface area contributed by atoms with Gasteiger partial charge in [-0.05, 0) is 54.4 Å². The largest absolute Gasteiger partial charge is 0.488 e. The Balaban J connectivity index is 1.44. The zero-order chi connectivity index (χ0) is 25.8. The molecule has 1 aromatic heterocycles. The van der Waals surface area contributed by atoms with E-state index in [0.29, 0.717) is 48.7 Å². The van der Waals surface area contributed by atoms with Crippen LogP contribution in [0.25, 0.3) is 0 Å². The molecule has 2 N–H and O–H groups in total. The Morgan fingerprint density at radius 2 is 1.95 bits per heavy atom. The Hall–Kier alpha value is -4.58. The Morgan fingerprint density at radius 1 is 1.11 bits per heavy atom. The molecule has 3 aliphatic rings. The Labute approximate surface area is 215 Å². The number of rotatable bonds is 1. The van der Waals surface area contributed by atoms with Crippen LogP contribution in [0.3, 0.4) is 0 Å². The van der Waals surface area contributed by atoms with Crippen molar-refractivity contribution < 1.29 is 19.1 Å². The van der Waals surface area contributed by atoms with E-state index in [1.54, 1.807) is 30.5 Å². The van der Waals surface area contributed by atoms with Gasteiger partial charge < -0.3 is 25.0 Å². The lowest BCUT2D eigenvalue weighted by atomic mass is 10.0. The third kappa shape index (κ3) is 5.64. The number of pyridine rings is 1. The van der Waals surface area contributed by atoms with Crippen LogP contribution in [0.2, 0.25) is 0 Å². The molecule has 4 heterocycles. The molecule has 3 aliphatic heterocycles. The number of aryl methyl sites for hydroxylation is 1. The lowest BCUT2D eigenvalue weighted by Crippen LogP contribution is -2.57. The summed E-state index contributed by atoms with van der Waals surface area (Å²) in [4.78, 5) is 32.1. The van der Waals surface area contributed by atoms with E-state index >= 15 is 0 Å². The zero-order valence-electron chi connectivity index (χ0n) is 20.4. The second kappa shape index (κ2) is 10.6. The molecule has 9 heteroatoms. The number of piperidine rings is 1. The summed E-state index contributed by atoms with van der Waals surface area (Å²) >= 11 is 0. The van der Waals surface area contributed by atoms with Gasteiger partial charge in [0.1, 0.15) is 29.5 Å². The second-order valence-corrected chi connectivity index (χ2v) is 9.18. The van der Waals surface area contributed by atoms with Crippen LogP contribution in [-0.2, 0) is 11.3 Å². The number of hydrogen-bond donors (Lipinski definition) is 2. The molecule has 2 aromatic carbocycles. The highest BCUT2D eigenvalue weighted by atomic mass is 16.5. The number of carbonyl (C=O) groups is 2. The van der Waals surface area contributed by atoms with E-state index in [-0.39, 0.29) is 30.6 Å². The van der Waals surface area contributed by atoms with Gasteiger partial charge in [0.25, 0.3) is 11.8 Å². The Morgan fingerprint density at radius 3 is 2.70 bits per heavy atom. The standard InChI is InChI=1S/C28H27N5O4/c1-18-2-6-21-12-25(18)36-17-27(34)31-14-19-3-7-22(8-4-19)37-24-10-11-33(16-23(24)32-28(21)35)26-9-5-20(13-29)15-30-26/h2-9,12,15,23-24H,10-11,14,16-17H2,1H3,(H,31,34)(H,32,35)/t23-,24-/m0/s1. The monoisotopic (exact) mass is 497 g/mol. The summed E-state index contributed by atoms with van der Waals surface area (Å²) in [7, 11) is 0. The van der Waals surface area contributed by atoms with E-state index < -0.39 is 0 Å². The maximum atomic E-state index is 13.3. The highest BCUT2D eigenvalue weighted by Crippen LogP contribution is 2.25. The van der Waals surface area contributed by atoms with Crippen molar-refractivity contribution in [1.82, 2.24) is 15.6 Å². The van der Waals surface area contributed by atoms with Crippen molar-refractivity contribution in [2.24, 2.45) is 0 Å². The number of nitrogens with zero attached hydrogens (tertiary/aromatic N) is 3. The van der Waals surface area contributed by atoms with Gasteiger partial charge in [-0.3, -0.25) is 9.59 Å². The average Bonchev–Trinajstić information content (AvgIpc) is 2.92. The molecule has 0 radical (unpaired) electrons. The number of anilines is 1. The van der Waals surface area contributed by atoms with Crippen molar-refractivity contribution in [1.29, 1.82) is 5.26 Å². The van der Waals surface area contributed by atoms with Gasteiger partial charge >= 0.3 is 0 Å². The maximum absolute atomic E-state index is 13.3. The van der Waals surface area contributed by atoms with E-state index in [1.807, 2.05) is 37.3 Å². The fourth-order valence-corrected chi connectivity index (χ4v) is 4.46. The summed E-state index contributed by atoms with van der Waals surface area (Å²) in [5.74, 6) is 1.40. The van der Waals surface area contributed by atoms with Gasteiger partial charge in [0.05, 0.1) is 11.6 Å². The minimum atomic E-state index is -0.331. The van der Waals surface area contributed by atoms with Crippen molar-refractivity contribution in [3.05, 3.63) is 83.0 Å². The van der Waals surface area contributed by atoms with Gasteiger partial charge in [-0.15, -0.1) is 0 Å². The molecule has 3 aromatic rings. The number of ether oxygens (including phenoxy) is 2. The van der Waals surface area contributed by atoms with E-state index in [1.165, 1.54) is 0 Å². The van der Waals surface area contributed by atoms with Crippen molar-refractivity contribution >= 4 is 17.6 Å². The lowest BCUT2D eigenvalue weighted by molar-refractivity contribution is -0.123. The van der Waals surface area contributed by atoms with E-state index in [2.05, 4.69) is 26.6 Å². The molecular formula is C28H27N5O4. The van der Waals surface area contributed by atoms with Gasteiger partial charge in [-0.25, -0.2) is 4.98 Å². The first-order valence-electron chi connectivity index (χ1n) is 12.2. The van der Waals surface area contributed by atoms with Crippen LogP contribution < -0.4 is 25.0 Å². The number of aromatic nitrogens is 1. The van der Waals surface area contributed by atoms with Crippen LogP contribution in [-0.4, -0.2) is 48.6 Å². The molecule has 2 atom stereocenters. The number of benzene rings is 2. The quantitative estimate of drug-likeness (QED) is 0.531. The van der Waals surface area contributed by atoms with Gasteiger partial charge in [-0.2, -0.15) is 5.26 Å². The van der Waals surface area contributed by atoms with E-state index in [4.69, 9.17) is 14.7 Å². The minimum Gasteiger partial charge on any atom is -0.488 e. The molecule has 6 rings (SSSR count). The summed E-state index contributed by atoms with van der Waals surface area (Å²) in [6.45, 7) is 3.26. The van der Waals surface area contributed by atoms with Gasteiger partial charge in [0, 0.05) is 37.8 Å². The molecule has 0 aliphatic carbocycles. The molecule has 0 unspecified atom stereocenters. The summed E-state index contributed by atoms with van der Waals surface area (Å²) < 4.78 is 12.1. The predicted molar refractivity (Wildman–Crippen MR) is 136 cm³/mol. The molecular weight excluding hydrogens is 470 g/mol. The number of nitrogens with one attached hydrogen (secondary N) is 2. The fourth-order valence-electron chi connectivity index (χ4n) is 4.46. The van der Waals surface area contributed by atoms with Crippen LogP contribution in [0.1, 0.15) is 33.5 Å². The first kappa shape index (κ1) is 24.1. The first-order chi connectivity index (χ1) is 18.0. The molecule has 0 spiro atoms. The average molecular weight is 498 g/mol. The van der Waals surface area contributed by atoms with Crippen molar-refractivity contribution in [3.63, 3.8) is 0 Å². The topological polar surface area (TPSA) is 117 Å². The third-order valence-corrected chi connectivity index (χ3v) is 6.58. The molecule has 0 saturated carbocycles. The second-order valence-electron chi connectivity index (χ2n) is 9.18. The fraction of sp³-hybridized carbons (Fsp3) is 0.286. The summed E-state index contributed by atoms with van der Waals surface area (Å²) in [6, 6.07) is 18.1. The Bertz CT molecular complexity index is 1330.